The first-order chi connectivity index (χ1) is 12.7. The summed E-state index contributed by atoms with van der Waals surface area (Å²) >= 11 is 0. The van der Waals surface area contributed by atoms with Gasteiger partial charge in [-0.05, 0) is 26.3 Å². The first-order valence-corrected chi connectivity index (χ1v) is 9.12. The third kappa shape index (κ3) is 2.38. The lowest BCUT2D eigenvalue weighted by atomic mass is 9.73. The Bertz CT molecular complexity index is 790. The van der Waals surface area contributed by atoms with Gasteiger partial charge in [0.15, 0.2) is 0 Å². The first kappa shape index (κ1) is 18.4. The van der Waals surface area contributed by atoms with Crippen LogP contribution in [-0.4, -0.2) is 58.3 Å². The Labute approximate surface area is 157 Å². The molecule has 2 aliphatic heterocycles. The lowest BCUT2D eigenvalue weighted by Gasteiger charge is -2.39. The predicted molar refractivity (Wildman–Crippen MR) is 93.3 cm³/mol. The zero-order valence-electron chi connectivity index (χ0n) is 15.6. The Balaban J connectivity index is 1.80. The molecule has 1 saturated carbocycles. The molecular weight excluding hydrogens is 352 g/mol. The lowest BCUT2D eigenvalue weighted by Crippen LogP contribution is -2.55. The summed E-state index contributed by atoms with van der Waals surface area (Å²) in [7, 11) is 0. The molecule has 2 saturated heterocycles. The topological polar surface area (TPSA) is 106 Å². The molecule has 0 unspecified atom stereocenters. The molecule has 0 bridgehead atoms. The second kappa shape index (κ2) is 5.77. The van der Waals surface area contributed by atoms with E-state index in [1.54, 1.807) is 32.9 Å². The van der Waals surface area contributed by atoms with Crippen LogP contribution in [0.3, 0.4) is 0 Å². The zero-order chi connectivity index (χ0) is 19.7. The Hall–Kier alpha value is -1.96. The van der Waals surface area contributed by atoms with E-state index in [0.29, 0.717) is 17.8 Å². The fourth-order valence-corrected chi connectivity index (χ4v) is 4.92. The van der Waals surface area contributed by atoms with Gasteiger partial charge in [-0.25, -0.2) is 9.59 Å². The number of aliphatic hydroxyl groups is 2. The van der Waals surface area contributed by atoms with E-state index in [9.17, 15) is 19.8 Å². The number of hydrogen-bond acceptors (Lipinski definition) is 7. The molecule has 0 aromatic heterocycles. The van der Waals surface area contributed by atoms with Gasteiger partial charge in [0.1, 0.15) is 23.4 Å². The number of hydrogen-bond donors (Lipinski definition) is 2. The predicted octanol–water partition coefficient (Wildman–Crippen LogP) is 0.803. The molecule has 2 heterocycles. The fraction of sp³-hybridized carbons (Fsp3) is 0.600. The van der Waals surface area contributed by atoms with Crippen molar-refractivity contribution in [2.75, 3.05) is 6.61 Å². The number of allylic oxidation sites excluding steroid dienone is 1. The van der Waals surface area contributed by atoms with Crippen molar-refractivity contribution in [2.24, 2.45) is 11.8 Å². The Morgan fingerprint density at radius 2 is 2.15 bits per heavy atom. The quantitative estimate of drug-likeness (QED) is 0.318. The number of fused-ring (bicyclic) bond motifs is 4. The van der Waals surface area contributed by atoms with Crippen molar-refractivity contribution in [2.45, 2.75) is 56.7 Å². The van der Waals surface area contributed by atoms with Crippen LogP contribution in [0.4, 0.5) is 0 Å². The summed E-state index contributed by atoms with van der Waals surface area (Å²) in [5, 5.41) is 22.3. The van der Waals surface area contributed by atoms with Crippen molar-refractivity contribution in [3.05, 3.63) is 35.5 Å². The summed E-state index contributed by atoms with van der Waals surface area (Å²) in [6.07, 6.45) is 0.770. The van der Waals surface area contributed by atoms with Crippen LogP contribution in [0.1, 0.15) is 27.2 Å². The van der Waals surface area contributed by atoms with Crippen molar-refractivity contribution in [3.8, 4) is 0 Å². The molecule has 0 radical (unpaired) electrons. The highest BCUT2D eigenvalue weighted by atomic mass is 16.6. The van der Waals surface area contributed by atoms with Gasteiger partial charge in [-0.15, -0.1) is 0 Å². The molecule has 7 nitrogen and oxygen atoms in total. The van der Waals surface area contributed by atoms with Crippen LogP contribution in [0, 0.1) is 11.8 Å². The Morgan fingerprint density at radius 1 is 1.48 bits per heavy atom. The van der Waals surface area contributed by atoms with Crippen LogP contribution in [0.5, 0.6) is 0 Å². The van der Waals surface area contributed by atoms with Gasteiger partial charge >= 0.3 is 11.9 Å². The maximum absolute atomic E-state index is 12.4. The van der Waals surface area contributed by atoms with Gasteiger partial charge in [0.25, 0.3) is 0 Å². The van der Waals surface area contributed by atoms with E-state index in [-0.39, 0.29) is 12.0 Å². The molecule has 2 N–H and O–H groups in total. The summed E-state index contributed by atoms with van der Waals surface area (Å²) in [5.41, 5.74) is -1.33. The van der Waals surface area contributed by atoms with Gasteiger partial charge < -0.3 is 24.4 Å². The minimum absolute atomic E-state index is 0.162. The maximum atomic E-state index is 12.4. The van der Waals surface area contributed by atoms with Crippen molar-refractivity contribution < 1.29 is 34.0 Å². The van der Waals surface area contributed by atoms with Gasteiger partial charge in [0.2, 0.25) is 0 Å². The van der Waals surface area contributed by atoms with Gasteiger partial charge in [0.05, 0.1) is 24.5 Å². The largest absolute Gasteiger partial charge is 0.458 e. The smallest absolute Gasteiger partial charge is 0.334 e. The van der Waals surface area contributed by atoms with Crippen molar-refractivity contribution in [3.63, 3.8) is 0 Å². The molecule has 0 amide bonds. The molecule has 7 heteroatoms. The molecule has 7 atom stereocenters. The summed E-state index contributed by atoms with van der Waals surface area (Å²) in [4.78, 5) is 24.7. The van der Waals surface area contributed by atoms with Crippen molar-refractivity contribution in [1.82, 2.24) is 0 Å². The molecular formula is C20H24O7. The summed E-state index contributed by atoms with van der Waals surface area (Å²) in [6, 6.07) is 0. The van der Waals surface area contributed by atoms with E-state index >= 15 is 0 Å². The van der Waals surface area contributed by atoms with Crippen molar-refractivity contribution >= 4 is 11.9 Å². The number of carbonyl (C=O) groups is 2. The number of aliphatic hydroxyl groups excluding tert-OH is 1. The summed E-state index contributed by atoms with van der Waals surface area (Å²) in [6.45, 7) is 9.23. The number of esters is 2. The van der Waals surface area contributed by atoms with Crippen LogP contribution in [0.25, 0.3) is 0 Å². The van der Waals surface area contributed by atoms with E-state index in [1.807, 2.05) is 0 Å². The highest BCUT2D eigenvalue weighted by Gasteiger charge is 2.73. The fourth-order valence-electron chi connectivity index (χ4n) is 4.92. The molecule has 0 aromatic rings. The van der Waals surface area contributed by atoms with Crippen LogP contribution < -0.4 is 0 Å². The number of carbonyl (C=O) groups excluding carboxylic acids is 2. The van der Waals surface area contributed by atoms with Crippen molar-refractivity contribution in [1.29, 1.82) is 0 Å². The molecule has 3 fully saturated rings. The highest BCUT2D eigenvalue weighted by Crippen LogP contribution is 2.59. The molecule has 4 rings (SSSR count). The normalized spacial score (nSPS) is 45.7. The molecule has 27 heavy (non-hydrogen) atoms. The minimum atomic E-state index is -1.60. The minimum Gasteiger partial charge on any atom is -0.458 e. The molecule has 0 aromatic carbocycles. The second-order valence-electron chi connectivity index (χ2n) is 7.99. The monoisotopic (exact) mass is 376 g/mol. The van der Waals surface area contributed by atoms with Gasteiger partial charge in [-0.3, -0.25) is 0 Å². The third-order valence-electron chi connectivity index (χ3n) is 6.57. The molecule has 2 aliphatic carbocycles. The Kier molecular flexibility index (Phi) is 3.93. The number of rotatable bonds is 2. The average molecular weight is 376 g/mol. The number of epoxide rings is 1. The standard InChI is InChI=1S/C20H24O7/c1-5-9(2)17(22)26-13-7-19(8-25-19)15-12(21)6-10(3)20(15,24)16-14(13)11(4)18(23)27-16/h5-6,12-16,21,24H,4,7-8H2,1-3H3/t12-,13-,14-,15+,16+,19+,20-/m1/s1. The highest BCUT2D eigenvalue weighted by molar-refractivity contribution is 5.92. The maximum Gasteiger partial charge on any atom is 0.334 e. The van der Waals surface area contributed by atoms with E-state index < -0.39 is 53.3 Å². The lowest BCUT2D eigenvalue weighted by molar-refractivity contribution is -0.162. The van der Waals surface area contributed by atoms with Crippen LogP contribution in [0.15, 0.2) is 35.5 Å². The van der Waals surface area contributed by atoms with Gasteiger partial charge in [-0.2, -0.15) is 0 Å². The Morgan fingerprint density at radius 3 is 2.74 bits per heavy atom. The second-order valence-corrected chi connectivity index (χ2v) is 7.99. The average Bonchev–Trinajstić information content (AvgIpc) is 3.26. The zero-order valence-corrected chi connectivity index (χ0v) is 15.6. The van der Waals surface area contributed by atoms with Crippen LogP contribution >= 0.6 is 0 Å². The first-order valence-electron chi connectivity index (χ1n) is 9.12. The van der Waals surface area contributed by atoms with Crippen LogP contribution in [-0.2, 0) is 23.8 Å². The molecule has 4 aliphatic rings. The summed E-state index contributed by atoms with van der Waals surface area (Å²) < 4.78 is 16.9. The van der Waals surface area contributed by atoms with E-state index in [1.165, 1.54) is 0 Å². The third-order valence-corrected chi connectivity index (χ3v) is 6.57. The van der Waals surface area contributed by atoms with Crippen LogP contribution in [0.2, 0.25) is 0 Å². The van der Waals surface area contributed by atoms with Gasteiger partial charge in [0, 0.05) is 17.6 Å². The SMILES string of the molecule is C=C1C(=O)O[C@H]2[C@H]1[C@H](OC(=O)C(C)=CC)C[C@]1(CO1)[C@@H]1[C@H](O)C=C(C)[C@]21O. The molecule has 146 valence electrons. The van der Waals surface area contributed by atoms with E-state index in [4.69, 9.17) is 14.2 Å². The van der Waals surface area contributed by atoms with E-state index in [2.05, 4.69) is 6.58 Å². The molecule has 1 spiro atoms. The summed E-state index contributed by atoms with van der Waals surface area (Å²) in [5.74, 6) is -2.54. The van der Waals surface area contributed by atoms with Gasteiger partial charge in [-0.1, -0.05) is 18.7 Å². The van der Waals surface area contributed by atoms with E-state index in [0.717, 1.165) is 0 Å². The number of ether oxygens (including phenoxy) is 3.